The Morgan fingerprint density at radius 2 is 1.88 bits per heavy atom. The Hall–Kier alpha value is -5.45. The van der Waals surface area contributed by atoms with Crippen molar-refractivity contribution in [2.24, 2.45) is 7.05 Å². The molecule has 0 saturated carbocycles. The van der Waals surface area contributed by atoms with Gasteiger partial charge in [0.15, 0.2) is 11.6 Å². The van der Waals surface area contributed by atoms with Gasteiger partial charge in [0.1, 0.15) is 0 Å². The molecule has 11 heteroatoms. The van der Waals surface area contributed by atoms with Crippen LogP contribution in [0.1, 0.15) is 11.3 Å². The lowest BCUT2D eigenvalue weighted by atomic mass is 9.97. The van der Waals surface area contributed by atoms with Gasteiger partial charge in [-0.25, -0.2) is 24.3 Å². The maximum absolute atomic E-state index is 15.2. The Morgan fingerprint density at radius 1 is 1.02 bits per heavy atom. The fourth-order valence-electron chi connectivity index (χ4n) is 4.00. The maximum Gasteiger partial charge on any atom is 0.322 e. The molecule has 0 spiro atoms. The third-order valence-corrected chi connectivity index (χ3v) is 5.90. The summed E-state index contributed by atoms with van der Waals surface area (Å²) in [5, 5.41) is 10.1. The van der Waals surface area contributed by atoms with Crippen LogP contribution in [0.25, 0.3) is 22.4 Å². The van der Waals surface area contributed by atoms with Crippen LogP contribution in [0.4, 0.5) is 21.7 Å². The number of aromatic nitrogens is 6. The number of rotatable bonds is 8. The molecule has 10 nitrogen and oxygen atoms in total. The lowest BCUT2D eigenvalue weighted by Crippen LogP contribution is -2.07. The van der Waals surface area contributed by atoms with Crippen LogP contribution < -0.4 is 15.4 Å². The summed E-state index contributed by atoms with van der Waals surface area (Å²) in [4.78, 5) is 29.2. The van der Waals surface area contributed by atoms with Crippen LogP contribution in [0.3, 0.4) is 0 Å². The molecule has 40 heavy (non-hydrogen) atoms. The van der Waals surface area contributed by atoms with Crippen LogP contribution in [0.2, 0.25) is 0 Å². The Kier molecular flexibility index (Phi) is 7.27. The third kappa shape index (κ3) is 5.83. The first kappa shape index (κ1) is 26.2. The molecular weight excluding hydrogens is 511 g/mol. The largest absolute Gasteiger partial charge is 0.421 e. The number of ether oxygens (including phenoxy) is 1. The molecule has 200 valence electrons. The van der Waals surface area contributed by atoms with Crippen molar-refractivity contribution >= 4 is 23.2 Å². The number of benzene rings is 2. The van der Waals surface area contributed by atoms with Crippen LogP contribution >= 0.6 is 0 Å². The van der Waals surface area contributed by atoms with Gasteiger partial charge < -0.3 is 15.4 Å². The van der Waals surface area contributed by atoms with Crippen LogP contribution in [0.5, 0.6) is 11.8 Å². The van der Waals surface area contributed by atoms with Crippen molar-refractivity contribution in [2.75, 3.05) is 10.6 Å². The van der Waals surface area contributed by atoms with E-state index in [9.17, 15) is 4.79 Å². The number of nitrogens with one attached hydrogen (secondary N) is 2. The van der Waals surface area contributed by atoms with E-state index in [1.807, 2.05) is 26.1 Å². The summed E-state index contributed by atoms with van der Waals surface area (Å²) in [6.45, 7) is 7.18. The van der Waals surface area contributed by atoms with Crippen LogP contribution in [-0.2, 0) is 11.8 Å². The van der Waals surface area contributed by atoms with Gasteiger partial charge in [0.2, 0.25) is 11.9 Å². The van der Waals surface area contributed by atoms with Crippen molar-refractivity contribution in [3.8, 4) is 34.1 Å². The number of halogens is 1. The highest BCUT2D eigenvalue weighted by atomic mass is 19.1. The molecule has 0 aliphatic heterocycles. The van der Waals surface area contributed by atoms with Gasteiger partial charge in [0.25, 0.3) is 0 Å². The minimum atomic E-state index is -0.592. The van der Waals surface area contributed by atoms with Gasteiger partial charge in [-0.05, 0) is 61.4 Å². The molecule has 0 unspecified atom stereocenters. The van der Waals surface area contributed by atoms with Gasteiger partial charge >= 0.3 is 6.01 Å². The van der Waals surface area contributed by atoms with Crippen molar-refractivity contribution in [1.82, 2.24) is 29.7 Å². The molecule has 0 aliphatic rings. The molecule has 0 aliphatic carbocycles. The monoisotopic (exact) mass is 536 g/mol. The van der Waals surface area contributed by atoms with E-state index in [0.717, 1.165) is 11.1 Å². The zero-order valence-corrected chi connectivity index (χ0v) is 22.0. The van der Waals surface area contributed by atoms with Crippen molar-refractivity contribution in [1.29, 1.82) is 0 Å². The lowest BCUT2D eigenvalue weighted by Gasteiger charge is -2.15. The number of anilines is 3. The van der Waals surface area contributed by atoms with Crippen molar-refractivity contribution < 1.29 is 13.9 Å². The standard InChI is InChI=1S/C29H25FN8O2/c1-5-26(39)35-20-7-8-22(17(2)12-20)27-23(15-32-28(37-27)36-21-14-33-38(4)16-21)19-6-9-25(24(30)13-19)40-29-31-11-10-18(3)34-29/h5-16H,1H2,2-4H3,(H,35,39)(H,32,36,37). The van der Waals surface area contributed by atoms with E-state index in [-0.39, 0.29) is 17.7 Å². The molecule has 0 saturated heterocycles. The fraction of sp³-hybridized carbons (Fsp3) is 0.103. The van der Waals surface area contributed by atoms with E-state index >= 15 is 4.39 Å². The predicted octanol–water partition coefficient (Wildman–Crippen LogP) is 5.75. The number of aryl methyl sites for hydroxylation is 3. The van der Waals surface area contributed by atoms with E-state index in [1.54, 1.807) is 54.6 Å². The number of nitrogens with zero attached hydrogens (tertiary/aromatic N) is 6. The van der Waals surface area contributed by atoms with Crippen molar-refractivity contribution in [3.05, 3.63) is 97.0 Å². The second-order valence-electron chi connectivity index (χ2n) is 8.93. The molecule has 3 heterocycles. The quantitative estimate of drug-likeness (QED) is 0.241. The van der Waals surface area contributed by atoms with E-state index < -0.39 is 5.82 Å². The molecule has 1 amide bonds. The highest BCUT2D eigenvalue weighted by Gasteiger charge is 2.17. The van der Waals surface area contributed by atoms with Crippen molar-refractivity contribution in [2.45, 2.75) is 13.8 Å². The molecule has 0 atom stereocenters. The van der Waals surface area contributed by atoms with Gasteiger partial charge in [-0.1, -0.05) is 18.7 Å². The summed E-state index contributed by atoms with van der Waals surface area (Å²) in [5.41, 5.74) is 5.35. The first-order valence-electron chi connectivity index (χ1n) is 12.2. The molecule has 5 rings (SSSR count). The van der Waals surface area contributed by atoms with Crippen molar-refractivity contribution in [3.63, 3.8) is 0 Å². The lowest BCUT2D eigenvalue weighted by molar-refractivity contribution is -0.111. The molecule has 3 aromatic heterocycles. The summed E-state index contributed by atoms with van der Waals surface area (Å²) < 4.78 is 22.4. The predicted molar refractivity (Wildman–Crippen MR) is 150 cm³/mol. The Bertz CT molecular complexity index is 1730. The molecule has 0 fully saturated rings. The molecule has 5 aromatic rings. The number of carbonyl (C=O) groups is 1. The molecule has 2 aromatic carbocycles. The van der Waals surface area contributed by atoms with Gasteiger partial charge in [-0.2, -0.15) is 5.10 Å². The number of hydrogen-bond acceptors (Lipinski definition) is 8. The second kappa shape index (κ2) is 11.1. The summed E-state index contributed by atoms with van der Waals surface area (Å²) >= 11 is 0. The smallest absolute Gasteiger partial charge is 0.322 e. The minimum absolute atomic E-state index is 0.00910. The van der Waals surface area contributed by atoms with E-state index in [4.69, 9.17) is 9.72 Å². The number of amides is 1. The third-order valence-electron chi connectivity index (χ3n) is 5.90. The molecule has 0 bridgehead atoms. The van der Waals surface area contributed by atoms with Gasteiger partial charge in [0, 0.05) is 48.1 Å². The van der Waals surface area contributed by atoms with Crippen LogP contribution in [0.15, 0.2) is 79.9 Å². The number of hydrogen-bond donors (Lipinski definition) is 2. The van der Waals surface area contributed by atoms with Gasteiger partial charge in [0.05, 0.1) is 17.6 Å². The number of carbonyl (C=O) groups excluding carboxylic acids is 1. The van der Waals surface area contributed by atoms with Gasteiger partial charge in [-0.3, -0.25) is 9.48 Å². The summed E-state index contributed by atoms with van der Waals surface area (Å²) in [5.74, 6) is -0.575. The Balaban J connectivity index is 1.55. The van der Waals surface area contributed by atoms with E-state index in [0.29, 0.717) is 39.8 Å². The Labute approximate surface area is 229 Å². The molecular formula is C29H25FN8O2. The second-order valence-corrected chi connectivity index (χ2v) is 8.93. The summed E-state index contributed by atoms with van der Waals surface area (Å²) in [7, 11) is 1.81. The first-order chi connectivity index (χ1) is 19.3. The zero-order valence-electron chi connectivity index (χ0n) is 22.0. The Morgan fingerprint density at radius 3 is 2.58 bits per heavy atom. The highest BCUT2D eigenvalue weighted by molar-refractivity contribution is 5.99. The zero-order chi connectivity index (χ0) is 28.2. The summed E-state index contributed by atoms with van der Waals surface area (Å²) in [6, 6.07) is 11.8. The van der Waals surface area contributed by atoms with Crippen LogP contribution in [-0.4, -0.2) is 35.6 Å². The van der Waals surface area contributed by atoms with Gasteiger partial charge in [-0.15, -0.1) is 0 Å². The SMILES string of the molecule is C=CC(=O)Nc1ccc(-c2nc(Nc3cnn(C)c3)ncc2-c2ccc(Oc3nccc(C)n3)c(F)c2)c(C)c1. The fourth-order valence-corrected chi connectivity index (χ4v) is 4.00. The average molecular weight is 537 g/mol. The average Bonchev–Trinajstić information content (AvgIpc) is 3.34. The maximum atomic E-state index is 15.2. The van der Waals surface area contributed by atoms with Crippen LogP contribution in [0, 0.1) is 19.7 Å². The molecule has 2 N–H and O–H groups in total. The summed E-state index contributed by atoms with van der Waals surface area (Å²) in [6.07, 6.45) is 7.84. The first-order valence-corrected chi connectivity index (χ1v) is 12.2. The highest BCUT2D eigenvalue weighted by Crippen LogP contribution is 2.36. The normalized spacial score (nSPS) is 10.7. The molecule has 0 radical (unpaired) electrons. The minimum Gasteiger partial charge on any atom is -0.421 e. The van der Waals surface area contributed by atoms with E-state index in [2.05, 4.69) is 37.3 Å². The van der Waals surface area contributed by atoms with E-state index in [1.165, 1.54) is 18.2 Å². The topological polar surface area (TPSA) is 120 Å².